The monoisotopic (exact) mass is 256 g/mol. The summed E-state index contributed by atoms with van der Waals surface area (Å²) >= 11 is 0. The molecule has 0 aliphatic carbocycles. The molecule has 1 saturated heterocycles. The molecule has 1 amide bonds. The molecule has 0 aromatic carbocycles. The first-order valence-corrected chi connectivity index (χ1v) is 7.34. The fraction of sp³-hybridized carbons (Fsp3) is 0.929. The highest BCUT2D eigenvalue weighted by atomic mass is 16.5. The van der Waals surface area contributed by atoms with Gasteiger partial charge in [0.15, 0.2) is 0 Å². The van der Waals surface area contributed by atoms with Crippen LogP contribution < -0.4 is 10.6 Å². The van der Waals surface area contributed by atoms with E-state index in [1.165, 1.54) is 25.7 Å². The van der Waals surface area contributed by atoms with Crippen LogP contribution in [0.15, 0.2) is 0 Å². The summed E-state index contributed by atoms with van der Waals surface area (Å²) in [4.78, 5) is 11.7. The Kier molecular flexibility index (Phi) is 8.01. The summed E-state index contributed by atoms with van der Waals surface area (Å²) in [6.07, 6.45) is 5.50. The molecule has 1 fully saturated rings. The van der Waals surface area contributed by atoms with Crippen LogP contribution in [0.25, 0.3) is 0 Å². The Morgan fingerprint density at radius 3 is 3.00 bits per heavy atom. The number of unbranched alkanes of at least 4 members (excludes halogenated alkanes) is 2. The zero-order valence-corrected chi connectivity index (χ0v) is 11.8. The lowest BCUT2D eigenvalue weighted by Gasteiger charge is -2.24. The van der Waals surface area contributed by atoms with Gasteiger partial charge in [-0.05, 0) is 38.6 Å². The van der Waals surface area contributed by atoms with Gasteiger partial charge in [0.25, 0.3) is 0 Å². The third-order valence-corrected chi connectivity index (χ3v) is 3.43. The van der Waals surface area contributed by atoms with E-state index < -0.39 is 0 Å². The molecule has 0 bridgehead atoms. The fourth-order valence-electron chi connectivity index (χ4n) is 2.15. The van der Waals surface area contributed by atoms with Gasteiger partial charge in [-0.15, -0.1) is 0 Å². The molecular formula is C14H28N2O2. The molecule has 0 aromatic heterocycles. The van der Waals surface area contributed by atoms with E-state index in [9.17, 15) is 4.79 Å². The molecule has 4 nitrogen and oxygen atoms in total. The van der Waals surface area contributed by atoms with Gasteiger partial charge in [-0.25, -0.2) is 0 Å². The highest BCUT2D eigenvalue weighted by molar-refractivity contribution is 5.80. The third kappa shape index (κ3) is 6.36. The summed E-state index contributed by atoms with van der Waals surface area (Å²) in [7, 11) is 0. The Morgan fingerprint density at radius 1 is 1.50 bits per heavy atom. The molecule has 1 aliphatic rings. The maximum Gasteiger partial charge on any atom is 0.248 e. The van der Waals surface area contributed by atoms with Crippen molar-refractivity contribution in [1.82, 2.24) is 10.6 Å². The Morgan fingerprint density at radius 2 is 2.33 bits per heavy atom. The summed E-state index contributed by atoms with van der Waals surface area (Å²) in [5.41, 5.74) is 0. The van der Waals surface area contributed by atoms with Crippen molar-refractivity contribution in [3.8, 4) is 0 Å². The van der Waals surface area contributed by atoms with E-state index in [1.807, 2.05) is 6.92 Å². The van der Waals surface area contributed by atoms with E-state index in [2.05, 4.69) is 17.6 Å². The summed E-state index contributed by atoms with van der Waals surface area (Å²) in [6, 6.07) is 0. The van der Waals surface area contributed by atoms with Crippen LogP contribution in [0.3, 0.4) is 0 Å². The Labute approximate surface area is 111 Å². The van der Waals surface area contributed by atoms with Crippen molar-refractivity contribution in [1.29, 1.82) is 0 Å². The largest absolute Gasteiger partial charge is 0.368 e. The van der Waals surface area contributed by atoms with E-state index in [1.54, 1.807) is 0 Å². The van der Waals surface area contributed by atoms with Crippen molar-refractivity contribution in [3.05, 3.63) is 0 Å². The summed E-state index contributed by atoms with van der Waals surface area (Å²) < 4.78 is 5.65. The van der Waals surface area contributed by atoms with Crippen LogP contribution in [0.2, 0.25) is 0 Å². The molecule has 106 valence electrons. The normalized spacial score (nSPS) is 21.6. The zero-order valence-electron chi connectivity index (χ0n) is 11.8. The number of nitrogens with one attached hydrogen (secondary N) is 2. The summed E-state index contributed by atoms with van der Waals surface area (Å²) in [5, 5.41) is 6.28. The van der Waals surface area contributed by atoms with E-state index in [0.717, 1.165) is 26.1 Å². The van der Waals surface area contributed by atoms with Crippen molar-refractivity contribution in [2.24, 2.45) is 5.92 Å². The number of amides is 1. The maximum absolute atomic E-state index is 11.7. The van der Waals surface area contributed by atoms with Crippen LogP contribution in [0.5, 0.6) is 0 Å². The first-order chi connectivity index (χ1) is 8.74. The van der Waals surface area contributed by atoms with Crippen LogP contribution in [0.4, 0.5) is 0 Å². The minimum atomic E-state index is -0.325. The van der Waals surface area contributed by atoms with Crippen LogP contribution in [-0.2, 0) is 9.53 Å². The zero-order chi connectivity index (χ0) is 13.2. The van der Waals surface area contributed by atoms with E-state index >= 15 is 0 Å². The van der Waals surface area contributed by atoms with Gasteiger partial charge < -0.3 is 15.4 Å². The Balaban J connectivity index is 2.07. The molecule has 1 rings (SSSR count). The van der Waals surface area contributed by atoms with Gasteiger partial charge in [0.05, 0.1) is 6.61 Å². The van der Waals surface area contributed by atoms with Crippen LogP contribution >= 0.6 is 0 Å². The number of piperidine rings is 1. The summed E-state index contributed by atoms with van der Waals surface area (Å²) in [6.45, 7) is 7.59. The number of ether oxygens (including phenoxy) is 1. The van der Waals surface area contributed by atoms with Gasteiger partial charge in [0.2, 0.25) is 5.91 Å². The number of rotatable bonds is 8. The van der Waals surface area contributed by atoms with E-state index in [0.29, 0.717) is 12.5 Å². The van der Waals surface area contributed by atoms with Gasteiger partial charge in [0.1, 0.15) is 6.10 Å². The minimum absolute atomic E-state index is 0.0230. The Bertz CT molecular complexity index is 228. The van der Waals surface area contributed by atoms with Gasteiger partial charge in [-0.3, -0.25) is 4.79 Å². The second kappa shape index (κ2) is 9.34. The van der Waals surface area contributed by atoms with Crippen molar-refractivity contribution < 1.29 is 9.53 Å². The molecule has 1 heterocycles. The highest BCUT2D eigenvalue weighted by Gasteiger charge is 2.17. The molecule has 0 spiro atoms. The Hall–Kier alpha value is -0.610. The summed E-state index contributed by atoms with van der Waals surface area (Å²) in [5.74, 6) is 0.587. The topological polar surface area (TPSA) is 50.4 Å². The predicted octanol–water partition coefficient (Wildman–Crippen LogP) is 1.70. The molecule has 2 atom stereocenters. The predicted molar refractivity (Wildman–Crippen MR) is 73.5 cm³/mol. The SMILES string of the molecule is CCCCCNC(=O)C(C)OCC1CCCNC1. The molecular weight excluding hydrogens is 228 g/mol. The quantitative estimate of drug-likeness (QED) is 0.650. The van der Waals surface area contributed by atoms with Crippen molar-refractivity contribution in [2.45, 2.75) is 52.1 Å². The number of hydrogen-bond donors (Lipinski definition) is 2. The molecule has 0 aromatic rings. The van der Waals surface area contributed by atoms with Crippen molar-refractivity contribution in [2.75, 3.05) is 26.2 Å². The van der Waals surface area contributed by atoms with Crippen molar-refractivity contribution >= 4 is 5.91 Å². The maximum atomic E-state index is 11.7. The molecule has 2 N–H and O–H groups in total. The van der Waals surface area contributed by atoms with Crippen LogP contribution in [0, 0.1) is 5.92 Å². The molecule has 1 aliphatic heterocycles. The van der Waals surface area contributed by atoms with Gasteiger partial charge >= 0.3 is 0 Å². The second-order valence-electron chi connectivity index (χ2n) is 5.19. The smallest absolute Gasteiger partial charge is 0.248 e. The molecule has 4 heteroatoms. The first kappa shape index (κ1) is 15.4. The van der Waals surface area contributed by atoms with Crippen molar-refractivity contribution in [3.63, 3.8) is 0 Å². The first-order valence-electron chi connectivity index (χ1n) is 7.34. The number of hydrogen-bond acceptors (Lipinski definition) is 3. The van der Waals surface area contributed by atoms with Gasteiger partial charge in [-0.2, -0.15) is 0 Å². The lowest BCUT2D eigenvalue weighted by atomic mass is 10.0. The van der Waals surface area contributed by atoms with Crippen LogP contribution in [-0.4, -0.2) is 38.3 Å². The van der Waals surface area contributed by atoms with E-state index in [4.69, 9.17) is 4.74 Å². The highest BCUT2D eigenvalue weighted by Crippen LogP contribution is 2.11. The average molecular weight is 256 g/mol. The van der Waals surface area contributed by atoms with E-state index in [-0.39, 0.29) is 12.0 Å². The van der Waals surface area contributed by atoms with Gasteiger partial charge in [-0.1, -0.05) is 19.8 Å². The third-order valence-electron chi connectivity index (χ3n) is 3.43. The van der Waals surface area contributed by atoms with Crippen LogP contribution in [0.1, 0.15) is 46.0 Å². The molecule has 0 radical (unpaired) electrons. The standard InChI is InChI=1S/C14H28N2O2/c1-3-4-5-9-16-14(17)12(2)18-11-13-7-6-8-15-10-13/h12-13,15H,3-11H2,1-2H3,(H,16,17). The minimum Gasteiger partial charge on any atom is -0.368 e. The number of carbonyl (C=O) groups is 1. The lowest BCUT2D eigenvalue weighted by molar-refractivity contribution is -0.132. The molecule has 18 heavy (non-hydrogen) atoms. The van der Waals surface area contributed by atoms with Gasteiger partial charge in [0, 0.05) is 13.1 Å². The average Bonchev–Trinajstić information content (AvgIpc) is 2.42. The second-order valence-corrected chi connectivity index (χ2v) is 5.19. The number of carbonyl (C=O) groups excluding carboxylic acids is 1. The lowest BCUT2D eigenvalue weighted by Crippen LogP contribution is -2.38. The molecule has 0 saturated carbocycles. The molecule has 2 unspecified atom stereocenters. The fourth-order valence-corrected chi connectivity index (χ4v) is 2.15.